The molecule has 1 N–H and O–H groups in total. The van der Waals surface area contributed by atoms with Crippen molar-refractivity contribution in [3.8, 4) is 17.2 Å². The van der Waals surface area contributed by atoms with Crippen LogP contribution < -0.4 is 14.8 Å². The highest BCUT2D eigenvalue weighted by Gasteiger charge is 2.46. The van der Waals surface area contributed by atoms with Gasteiger partial charge in [-0.05, 0) is 54.7 Å². The van der Waals surface area contributed by atoms with Crippen LogP contribution in [-0.2, 0) is 16.0 Å². The van der Waals surface area contributed by atoms with E-state index in [9.17, 15) is 29.8 Å². The maximum Gasteiger partial charge on any atom is 0.318 e. The van der Waals surface area contributed by atoms with Crippen LogP contribution in [0, 0.1) is 31.1 Å². The van der Waals surface area contributed by atoms with Gasteiger partial charge in [-0.15, -0.1) is 6.58 Å². The third-order valence-corrected chi connectivity index (χ3v) is 8.43. The van der Waals surface area contributed by atoms with E-state index in [1.165, 1.54) is 6.07 Å². The van der Waals surface area contributed by atoms with E-state index in [4.69, 9.17) is 9.47 Å². The lowest BCUT2D eigenvalue weighted by Gasteiger charge is -2.44. The number of allylic oxidation sites excluding steroid dienone is 5. The molecule has 0 fully saturated rings. The minimum absolute atomic E-state index is 0.0204. The summed E-state index contributed by atoms with van der Waals surface area (Å²) in [5, 5.41) is 26.7. The van der Waals surface area contributed by atoms with Crippen LogP contribution in [0.5, 0.6) is 17.2 Å². The number of nitrogens with one attached hydrogen (secondary N) is 1. The summed E-state index contributed by atoms with van der Waals surface area (Å²) in [6.07, 6.45) is 3.91. The molecular formula is C34H37N3O8. The quantitative estimate of drug-likeness (QED) is 0.173. The third-order valence-electron chi connectivity index (χ3n) is 8.43. The molecule has 1 aliphatic heterocycles. The molecule has 0 radical (unpaired) electrons. The van der Waals surface area contributed by atoms with Gasteiger partial charge in [-0.2, -0.15) is 0 Å². The summed E-state index contributed by atoms with van der Waals surface area (Å²) >= 11 is 0. The maximum atomic E-state index is 13.8. The Morgan fingerprint density at radius 1 is 0.911 bits per heavy atom. The van der Waals surface area contributed by atoms with Gasteiger partial charge in [0.2, 0.25) is 5.75 Å². The smallest absolute Gasteiger partial charge is 0.318 e. The second kappa shape index (κ2) is 11.6. The number of dihydropyridines is 1. The van der Waals surface area contributed by atoms with E-state index in [0.29, 0.717) is 48.0 Å². The van der Waals surface area contributed by atoms with Crippen molar-refractivity contribution in [2.75, 3.05) is 6.61 Å². The molecule has 2 aliphatic carbocycles. The number of Topliss-reactive ketones (excluding diaryl/α,β-unsaturated/α-hetero) is 2. The van der Waals surface area contributed by atoms with Gasteiger partial charge < -0.3 is 14.8 Å². The third kappa shape index (κ3) is 6.11. The molecule has 2 aromatic rings. The molecule has 0 aromatic heterocycles. The van der Waals surface area contributed by atoms with Crippen LogP contribution in [-0.4, -0.2) is 28.0 Å². The molecule has 5 rings (SSSR count). The highest BCUT2D eigenvalue weighted by molar-refractivity contribution is 6.06. The summed E-state index contributed by atoms with van der Waals surface area (Å²) < 4.78 is 12.1. The number of carbonyl (C=O) groups is 2. The van der Waals surface area contributed by atoms with E-state index in [1.807, 2.05) is 6.07 Å². The first-order chi connectivity index (χ1) is 21.1. The molecule has 236 valence electrons. The molecule has 0 saturated heterocycles. The van der Waals surface area contributed by atoms with Gasteiger partial charge in [-0.1, -0.05) is 39.8 Å². The number of ether oxygens (including phenoxy) is 2. The Labute approximate surface area is 261 Å². The zero-order chi connectivity index (χ0) is 32.8. The van der Waals surface area contributed by atoms with Gasteiger partial charge >= 0.3 is 5.69 Å². The fourth-order valence-electron chi connectivity index (χ4n) is 6.72. The summed E-state index contributed by atoms with van der Waals surface area (Å²) in [4.78, 5) is 49.3. The van der Waals surface area contributed by atoms with Crippen molar-refractivity contribution in [3.63, 3.8) is 0 Å². The number of nitro groups is 2. The van der Waals surface area contributed by atoms with Crippen LogP contribution in [0.15, 0.2) is 65.5 Å². The van der Waals surface area contributed by atoms with E-state index in [2.05, 4.69) is 39.6 Å². The first-order valence-electron chi connectivity index (χ1n) is 15.0. The second-order valence-electron chi connectivity index (χ2n) is 13.4. The number of rotatable bonds is 9. The summed E-state index contributed by atoms with van der Waals surface area (Å²) in [5.41, 5.74) is 2.53. The molecule has 2 aromatic carbocycles. The summed E-state index contributed by atoms with van der Waals surface area (Å²) in [5.74, 6) is -0.428. The Balaban J connectivity index is 1.72. The van der Waals surface area contributed by atoms with Gasteiger partial charge in [0.1, 0.15) is 0 Å². The lowest BCUT2D eigenvalue weighted by Crippen LogP contribution is -2.42. The predicted octanol–water partition coefficient (Wildman–Crippen LogP) is 7.40. The van der Waals surface area contributed by atoms with Crippen LogP contribution in [0.2, 0.25) is 0 Å². The van der Waals surface area contributed by atoms with Gasteiger partial charge in [-0.25, -0.2) is 0 Å². The lowest BCUT2D eigenvalue weighted by molar-refractivity contribution is -0.394. The van der Waals surface area contributed by atoms with Crippen LogP contribution in [0.25, 0.3) is 0 Å². The Kier molecular flexibility index (Phi) is 8.16. The molecule has 0 unspecified atom stereocenters. The number of carbonyl (C=O) groups excluding carboxylic acids is 2. The molecule has 1 heterocycles. The van der Waals surface area contributed by atoms with Gasteiger partial charge in [0.25, 0.3) is 5.69 Å². The average Bonchev–Trinajstić information content (AvgIpc) is 2.92. The molecule has 11 heteroatoms. The van der Waals surface area contributed by atoms with Gasteiger partial charge in [0.15, 0.2) is 23.1 Å². The van der Waals surface area contributed by atoms with Crippen molar-refractivity contribution in [1.29, 1.82) is 0 Å². The molecule has 0 amide bonds. The minimum atomic E-state index is -0.742. The molecule has 0 spiro atoms. The Hall–Kier alpha value is -4.80. The number of ketones is 2. The van der Waals surface area contributed by atoms with Crippen molar-refractivity contribution in [1.82, 2.24) is 5.32 Å². The van der Waals surface area contributed by atoms with Crippen LogP contribution in [0.1, 0.15) is 77.3 Å². The Morgan fingerprint density at radius 3 is 2.02 bits per heavy atom. The Morgan fingerprint density at radius 2 is 1.51 bits per heavy atom. The van der Waals surface area contributed by atoms with Gasteiger partial charge in [0.05, 0.1) is 22.5 Å². The van der Waals surface area contributed by atoms with E-state index < -0.39 is 27.1 Å². The second-order valence-corrected chi connectivity index (χ2v) is 13.4. The standard InChI is InChI=1S/C34H37N3O8/c1-7-9-19-12-20(13-28(44-8-2)32(19)45-27-11-10-21(36(40)41)14-24(27)37(42)43)29-30-22(15-33(3,4)17-25(30)38)35-23-16-34(5,6)18-26(39)31(23)29/h7,10-14,29,35H,1,8-9,15-18H2,2-6H3. The number of benzene rings is 2. The monoisotopic (exact) mass is 615 g/mol. The number of nitro benzene ring substituents is 2. The number of hydrogen-bond acceptors (Lipinski definition) is 9. The van der Waals surface area contributed by atoms with Gasteiger partial charge in [-0.3, -0.25) is 29.8 Å². The van der Waals surface area contributed by atoms with Crippen molar-refractivity contribution < 1.29 is 28.9 Å². The molecular weight excluding hydrogens is 578 g/mol. The summed E-state index contributed by atoms with van der Waals surface area (Å²) in [6.45, 7) is 14.1. The Bertz CT molecular complexity index is 1660. The van der Waals surface area contributed by atoms with Crippen LogP contribution in [0.4, 0.5) is 11.4 Å². The first kappa shape index (κ1) is 31.6. The fourth-order valence-corrected chi connectivity index (χ4v) is 6.72. The molecule has 0 saturated carbocycles. The largest absolute Gasteiger partial charge is 0.490 e. The number of non-ortho nitro benzene ring substituents is 1. The molecule has 45 heavy (non-hydrogen) atoms. The number of hydrogen-bond donors (Lipinski definition) is 1. The minimum Gasteiger partial charge on any atom is -0.490 e. The average molecular weight is 616 g/mol. The van der Waals surface area contributed by atoms with E-state index in [0.717, 1.165) is 23.5 Å². The fraction of sp³-hybridized carbons (Fsp3) is 0.412. The van der Waals surface area contributed by atoms with Crippen molar-refractivity contribution in [2.24, 2.45) is 10.8 Å². The SMILES string of the molecule is C=CCc1cc(C2C3=C(CC(C)(C)CC3=O)NC3=C2C(=O)CC(C)(C)C3)cc(OCC)c1Oc1ccc([N+](=O)[O-])cc1[N+](=O)[O-]. The first-order valence-corrected chi connectivity index (χ1v) is 15.0. The van der Waals surface area contributed by atoms with Crippen molar-refractivity contribution in [3.05, 3.63) is 96.9 Å². The molecule has 11 nitrogen and oxygen atoms in total. The topological polar surface area (TPSA) is 151 Å². The van der Waals surface area contributed by atoms with Crippen molar-refractivity contribution in [2.45, 2.75) is 72.6 Å². The zero-order valence-electron chi connectivity index (χ0n) is 26.2. The van der Waals surface area contributed by atoms with E-state index >= 15 is 0 Å². The van der Waals surface area contributed by atoms with Crippen LogP contribution >= 0.6 is 0 Å². The normalized spacial score (nSPS) is 19.0. The highest BCUT2D eigenvalue weighted by atomic mass is 16.6. The summed E-state index contributed by atoms with van der Waals surface area (Å²) in [7, 11) is 0. The molecule has 3 aliphatic rings. The van der Waals surface area contributed by atoms with Crippen molar-refractivity contribution >= 4 is 22.9 Å². The molecule has 0 atom stereocenters. The lowest BCUT2D eigenvalue weighted by atomic mass is 9.64. The summed E-state index contributed by atoms with van der Waals surface area (Å²) in [6, 6.07) is 6.73. The van der Waals surface area contributed by atoms with Gasteiger partial charge in [0, 0.05) is 52.9 Å². The van der Waals surface area contributed by atoms with E-state index in [1.54, 1.807) is 19.1 Å². The van der Waals surface area contributed by atoms with E-state index in [-0.39, 0.29) is 52.7 Å². The van der Waals surface area contributed by atoms with Crippen LogP contribution in [0.3, 0.4) is 0 Å². The molecule has 0 bridgehead atoms. The number of nitrogens with zero attached hydrogens (tertiary/aromatic N) is 2. The zero-order valence-corrected chi connectivity index (χ0v) is 26.2. The predicted molar refractivity (Wildman–Crippen MR) is 167 cm³/mol. The maximum absolute atomic E-state index is 13.8. The highest BCUT2D eigenvalue weighted by Crippen LogP contribution is 2.52.